The summed E-state index contributed by atoms with van der Waals surface area (Å²) in [7, 11) is 0. The average Bonchev–Trinajstić information content (AvgIpc) is 2.70. The molecule has 6 nitrogen and oxygen atoms in total. The number of aryl methyl sites for hydroxylation is 1. The van der Waals surface area contributed by atoms with Gasteiger partial charge in [-0.05, 0) is 49.2 Å². The van der Waals surface area contributed by atoms with Gasteiger partial charge < -0.3 is 10.1 Å². The third-order valence-corrected chi connectivity index (χ3v) is 5.22. The molecule has 11 heteroatoms. The van der Waals surface area contributed by atoms with Crippen LogP contribution in [0.25, 0.3) is 0 Å². The molecule has 0 aliphatic heterocycles. The Hall–Kier alpha value is -2.94. The summed E-state index contributed by atoms with van der Waals surface area (Å²) in [5, 5.41) is 4.96. The zero-order valence-corrected chi connectivity index (χ0v) is 18.8. The highest BCUT2D eigenvalue weighted by atomic mass is 35.5. The van der Waals surface area contributed by atoms with Crippen molar-refractivity contribution in [2.75, 3.05) is 5.32 Å². The third-order valence-electron chi connectivity index (χ3n) is 4.29. The molecule has 3 amide bonds. The fourth-order valence-corrected chi connectivity index (χ4v) is 3.42. The second-order valence-corrected chi connectivity index (χ2v) is 7.78. The number of halogens is 5. The van der Waals surface area contributed by atoms with E-state index in [0.29, 0.717) is 16.1 Å². The van der Waals surface area contributed by atoms with E-state index < -0.39 is 29.1 Å². The predicted octanol–water partition coefficient (Wildman–Crippen LogP) is 6.69. The first-order valence-electron chi connectivity index (χ1n) is 8.93. The zero-order valence-electron chi connectivity index (χ0n) is 16.5. The largest absolute Gasteiger partial charge is 0.436 e. The summed E-state index contributed by atoms with van der Waals surface area (Å²) in [5.74, 6) is -3.10. The molecule has 0 fully saturated rings. The van der Waals surface area contributed by atoms with Gasteiger partial charge in [0.1, 0.15) is 22.2 Å². The maximum Gasteiger partial charge on any atom is 0.326 e. The highest BCUT2D eigenvalue weighted by Crippen LogP contribution is 2.40. The number of aromatic nitrogens is 1. The molecule has 1 heterocycles. The monoisotopic (exact) mass is 499 g/mol. The predicted molar refractivity (Wildman–Crippen MR) is 118 cm³/mol. The van der Waals surface area contributed by atoms with Crippen molar-refractivity contribution < 1.29 is 23.1 Å². The van der Waals surface area contributed by atoms with Gasteiger partial charge in [-0.3, -0.25) is 10.1 Å². The molecule has 0 bridgehead atoms. The van der Waals surface area contributed by atoms with Crippen LogP contribution in [-0.2, 0) is 0 Å². The van der Waals surface area contributed by atoms with E-state index in [1.54, 1.807) is 13.8 Å². The second kappa shape index (κ2) is 9.68. The molecule has 2 aromatic carbocycles. The average molecular weight is 501 g/mol. The van der Waals surface area contributed by atoms with Crippen molar-refractivity contribution in [3.8, 4) is 11.6 Å². The molecule has 0 aliphatic rings. The van der Waals surface area contributed by atoms with Gasteiger partial charge in [-0.1, -0.05) is 40.9 Å². The molecule has 0 atom stereocenters. The Labute approximate surface area is 196 Å². The van der Waals surface area contributed by atoms with Gasteiger partial charge in [0, 0.05) is 11.9 Å². The Kier molecular flexibility index (Phi) is 7.18. The van der Waals surface area contributed by atoms with Gasteiger partial charge >= 0.3 is 6.03 Å². The quantitative estimate of drug-likeness (QED) is 0.418. The van der Waals surface area contributed by atoms with Gasteiger partial charge in [-0.15, -0.1) is 0 Å². The van der Waals surface area contributed by atoms with Gasteiger partial charge in [0.2, 0.25) is 5.88 Å². The summed E-state index contributed by atoms with van der Waals surface area (Å²) in [6.07, 6.45) is 1.36. The molecule has 3 rings (SSSR count). The summed E-state index contributed by atoms with van der Waals surface area (Å²) in [4.78, 5) is 28.3. The Morgan fingerprint density at radius 2 is 1.72 bits per heavy atom. The summed E-state index contributed by atoms with van der Waals surface area (Å²) in [6.45, 7) is 3.26. The molecule has 0 saturated heterocycles. The van der Waals surface area contributed by atoms with Crippen LogP contribution in [0, 0.1) is 25.5 Å². The lowest BCUT2D eigenvalue weighted by atomic mass is 10.1. The molecule has 0 spiro atoms. The number of nitrogens with zero attached hydrogens (tertiary/aromatic N) is 1. The number of hydrogen-bond acceptors (Lipinski definition) is 4. The van der Waals surface area contributed by atoms with Crippen molar-refractivity contribution in [3.63, 3.8) is 0 Å². The second-order valence-electron chi connectivity index (χ2n) is 6.56. The number of hydrogen-bond donors (Lipinski definition) is 2. The Morgan fingerprint density at radius 1 is 1.06 bits per heavy atom. The highest BCUT2D eigenvalue weighted by molar-refractivity contribution is 6.35. The van der Waals surface area contributed by atoms with Crippen LogP contribution < -0.4 is 15.4 Å². The van der Waals surface area contributed by atoms with E-state index in [0.717, 1.165) is 18.2 Å². The fraction of sp³-hybridized carbons (Fsp3) is 0.0952. The number of benzene rings is 2. The van der Waals surface area contributed by atoms with E-state index >= 15 is 0 Å². The first-order valence-corrected chi connectivity index (χ1v) is 10.1. The lowest BCUT2D eigenvalue weighted by Crippen LogP contribution is -2.35. The molecule has 166 valence electrons. The molecule has 0 saturated carbocycles. The van der Waals surface area contributed by atoms with Gasteiger partial charge in [-0.25, -0.2) is 18.6 Å². The van der Waals surface area contributed by atoms with E-state index in [1.807, 2.05) is 5.32 Å². The van der Waals surface area contributed by atoms with E-state index in [4.69, 9.17) is 39.5 Å². The summed E-state index contributed by atoms with van der Waals surface area (Å²) >= 11 is 18.3. The van der Waals surface area contributed by atoms with E-state index in [1.165, 1.54) is 18.3 Å². The standard InChI is InChI=1S/C21H14Cl3F2N3O3/c1-9-6-15(28-21(31)29-19(30)16-13(25)4-3-5-14(16)26)10(2)17(24)18(9)32-20-12(23)7-11(22)8-27-20/h3-8H,1-2H3,(H2,28,29,30,31). The fourth-order valence-electron chi connectivity index (χ4n) is 2.71. The number of rotatable bonds is 4. The Balaban J connectivity index is 1.80. The first kappa shape index (κ1) is 23.7. The molecular formula is C21H14Cl3F2N3O3. The molecule has 2 N–H and O–H groups in total. The van der Waals surface area contributed by atoms with Gasteiger partial charge in [-0.2, -0.15) is 0 Å². The number of imide groups is 1. The topological polar surface area (TPSA) is 80.3 Å². The third kappa shape index (κ3) is 5.09. The van der Waals surface area contributed by atoms with Crippen LogP contribution in [0.5, 0.6) is 11.6 Å². The van der Waals surface area contributed by atoms with Crippen molar-refractivity contribution in [2.45, 2.75) is 13.8 Å². The molecule has 32 heavy (non-hydrogen) atoms. The lowest BCUT2D eigenvalue weighted by molar-refractivity contribution is 0.0959. The normalized spacial score (nSPS) is 10.6. The van der Waals surface area contributed by atoms with Gasteiger partial charge in [0.15, 0.2) is 5.75 Å². The smallest absolute Gasteiger partial charge is 0.326 e. The summed E-state index contributed by atoms with van der Waals surface area (Å²) in [5.41, 5.74) is 0.284. The van der Waals surface area contributed by atoms with Crippen LogP contribution in [0.3, 0.4) is 0 Å². The maximum atomic E-state index is 13.7. The van der Waals surface area contributed by atoms with Crippen LogP contribution in [0.1, 0.15) is 21.5 Å². The Bertz CT molecular complexity index is 1220. The van der Waals surface area contributed by atoms with E-state index in [9.17, 15) is 18.4 Å². The number of nitrogens with one attached hydrogen (secondary N) is 2. The van der Waals surface area contributed by atoms with Gasteiger partial charge in [0.25, 0.3) is 5.91 Å². The number of carbonyl (C=O) groups excluding carboxylic acids is 2. The molecule has 0 aliphatic carbocycles. The maximum absolute atomic E-state index is 13.7. The van der Waals surface area contributed by atoms with E-state index in [-0.39, 0.29) is 27.4 Å². The SMILES string of the molecule is Cc1cc(NC(=O)NC(=O)c2c(F)cccc2F)c(C)c(Cl)c1Oc1ncc(Cl)cc1Cl. The van der Waals surface area contributed by atoms with E-state index in [2.05, 4.69) is 10.3 Å². The Morgan fingerprint density at radius 3 is 2.34 bits per heavy atom. The summed E-state index contributed by atoms with van der Waals surface area (Å²) in [6, 6.07) is 4.90. The minimum Gasteiger partial charge on any atom is -0.436 e. The van der Waals surface area contributed by atoms with Crippen molar-refractivity contribution in [1.29, 1.82) is 0 Å². The lowest BCUT2D eigenvalue weighted by Gasteiger charge is -2.17. The molecule has 1 aromatic heterocycles. The van der Waals surface area contributed by atoms with Crippen LogP contribution in [0.2, 0.25) is 15.1 Å². The number of anilines is 1. The van der Waals surface area contributed by atoms with Crippen molar-refractivity contribution in [2.24, 2.45) is 0 Å². The number of ether oxygens (including phenoxy) is 1. The molecular weight excluding hydrogens is 487 g/mol. The highest BCUT2D eigenvalue weighted by Gasteiger charge is 2.21. The van der Waals surface area contributed by atoms with Crippen LogP contribution >= 0.6 is 34.8 Å². The molecule has 0 radical (unpaired) electrons. The number of urea groups is 1. The van der Waals surface area contributed by atoms with Crippen molar-refractivity contribution >= 4 is 52.4 Å². The summed E-state index contributed by atoms with van der Waals surface area (Å²) < 4.78 is 33.2. The molecule has 0 unspecified atom stereocenters. The first-order chi connectivity index (χ1) is 15.1. The number of carbonyl (C=O) groups is 2. The van der Waals surface area contributed by atoms with Crippen molar-refractivity contribution in [3.05, 3.63) is 79.9 Å². The zero-order chi connectivity index (χ0) is 23.6. The van der Waals surface area contributed by atoms with Crippen molar-refractivity contribution in [1.82, 2.24) is 10.3 Å². The minimum atomic E-state index is -1.23. The number of pyridine rings is 1. The minimum absolute atomic E-state index is 0.0800. The van der Waals surface area contributed by atoms with Crippen LogP contribution in [0.4, 0.5) is 19.3 Å². The number of amides is 3. The van der Waals surface area contributed by atoms with Crippen LogP contribution in [0.15, 0.2) is 36.5 Å². The van der Waals surface area contributed by atoms with Crippen LogP contribution in [-0.4, -0.2) is 16.9 Å². The van der Waals surface area contributed by atoms with Gasteiger partial charge in [0.05, 0.1) is 10.0 Å². The molecule has 3 aromatic rings.